The van der Waals surface area contributed by atoms with E-state index in [0.29, 0.717) is 11.3 Å². The smallest absolute Gasteiger partial charge is 0.144 e. The molecule has 0 aliphatic heterocycles. The van der Waals surface area contributed by atoms with Crippen molar-refractivity contribution in [3.05, 3.63) is 23.0 Å². The summed E-state index contributed by atoms with van der Waals surface area (Å²) in [5.41, 5.74) is 6.32. The first-order valence-corrected chi connectivity index (χ1v) is 3.85. The molecule has 0 amide bonds. The molecule has 72 valence electrons. The highest BCUT2D eigenvalue weighted by Crippen LogP contribution is 2.23. The maximum absolute atomic E-state index is 9.49. The molecule has 5 heteroatoms. The van der Waals surface area contributed by atoms with Crippen molar-refractivity contribution < 1.29 is 15.3 Å². The summed E-state index contributed by atoms with van der Waals surface area (Å²) in [6.07, 6.45) is 1.40. The third-order valence-corrected chi connectivity index (χ3v) is 1.84. The molecule has 0 radical (unpaired) electrons. The number of hydrogen-bond acceptors (Lipinski definition) is 5. The van der Waals surface area contributed by atoms with Crippen LogP contribution in [0.25, 0.3) is 0 Å². The van der Waals surface area contributed by atoms with E-state index in [4.69, 9.17) is 15.9 Å². The SMILES string of the molecule is NCc1ncc(CO)c(CO)c1O. The van der Waals surface area contributed by atoms with Gasteiger partial charge in [-0.1, -0.05) is 0 Å². The lowest BCUT2D eigenvalue weighted by molar-refractivity contribution is 0.254. The average molecular weight is 184 g/mol. The number of aromatic hydroxyl groups is 1. The second-order valence-electron chi connectivity index (χ2n) is 2.58. The summed E-state index contributed by atoms with van der Waals surface area (Å²) in [4.78, 5) is 3.83. The van der Waals surface area contributed by atoms with Gasteiger partial charge in [-0.15, -0.1) is 0 Å². The lowest BCUT2D eigenvalue weighted by atomic mass is 10.1. The van der Waals surface area contributed by atoms with Crippen LogP contribution in [-0.2, 0) is 19.8 Å². The van der Waals surface area contributed by atoms with Crippen molar-refractivity contribution in [1.29, 1.82) is 0 Å². The fourth-order valence-electron chi connectivity index (χ4n) is 1.08. The van der Waals surface area contributed by atoms with Crippen molar-refractivity contribution in [3.8, 4) is 5.75 Å². The predicted molar refractivity (Wildman–Crippen MR) is 45.6 cm³/mol. The molecule has 0 saturated heterocycles. The van der Waals surface area contributed by atoms with E-state index < -0.39 is 0 Å². The van der Waals surface area contributed by atoms with Crippen LogP contribution in [0.5, 0.6) is 5.75 Å². The molecule has 0 aliphatic rings. The maximum atomic E-state index is 9.49. The van der Waals surface area contributed by atoms with Crippen molar-refractivity contribution in [3.63, 3.8) is 0 Å². The Morgan fingerprint density at radius 3 is 2.46 bits per heavy atom. The molecule has 0 aliphatic carbocycles. The Bertz CT molecular complexity index is 302. The second-order valence-corrected chi connectivity index (χ2v) is 2.58. The normalized spacial score (nSPS) is 10.4. The zero-order valence-electron chi connectivity index (χ0n) is 7.06. The summed E-state index contributed by atoms with van der Waals surface area (Å²) in [7, 11) is 0. The minimum atomic E-state index is -0.336. The molecule has 0 aromatic carbocycles. The van der Waals surface area contributed by atoms with Gasteiger partial charge in [-0.2, -0.15) is 0 Å². The van der Waals surface area contributed by atoms with E-state index in [9.17, 15) is 5.11 Å². The van der Waals surface area contributed by atoms with Crippen LogP contribution in [0.3, 0.4) is 0 Å². The van der Waals surface area contributed by atoms with Crippen molar-refractivity contribution in [2.24, 2.45) is 5.73 Å². The molecular weight excluding hydrogens is 172 g/mol. The number of pyridine rings is 1. The van der Waals surface area contributed by atoms with Crippen molar-refractivity contribution >= 4 is 0 Å². The van der Waals surface area contributed by atoms with Crippen LogP contribution in [0.1, 0.15) is 16.8 Å². The van der Waals surface area contributed by atoms with Crippen LogP contribution in [0.4, 0.5) is 0 Å². The number of aliphatic hydroxyl groups excluding tert-OH is 2. The molecule has 1 aromatic rings. The van der Waals surface area contributed by atoms with Crippen LogP contribution in [-0.4, -0.2) is 20.3 Å². The van der Waals surface area contributed by atoms with Gasteiger partial charge in [0.05, 0.1) is 18.9 Å². The number of hydrogen-bond donors (Lipinski definition) is 4. The van der Waals surface area contributed by atoms with Crippen molar-refractivity contribution in [2.45, 2.75) is 19.8 Å². The number of nitrogens with zero attached hydrogens (tertiary/aromatic N) is 1. The highest BCUT2D eigenvalue weighted by Gasteiger charge is 2.11. The van der Waals surface area contributed by atoms with Gasteiger partial charge in [0.2, 0.25) is 0 Å². The van der Waals surface area contributed by atoms with Gasteiger partial charge >= 0.3 is 0 Å². The van der Waals surface area contributed by atoms with E-state index in [1.165, 1.54) is 6.20 Å². The lowest BCUT2D eigenvalue weighted by Crippen LogP contribution is -2.05. The molecule has 1 rings (SSSR count). The molecule has 1 aromatic heterocycles. The summed E-state index contributed by atoms with van der Waals surface area (Å²) in [6, 6.07) is 0. The van der Waals surface area contributed by atoms with Gasteiger partial charge in [0.1, 0.15) is 5.75 Å². The number of aromatic nitrogens is 1. The summed E-state index contributed by atoms with van der Waals surface area (Å²) in [6.45, 7) is -0.497. The summed E-state index contributed by atoms with van der Waals surface area (Å²) in [5.74, 6) is -0.128. The zero-order chi connectivity index (χ0) is 9.84. The molecule has 5 nitrogen and oxygen atoms in total. The molecule has 1 heterocycles. The standard InChI is InChI=1S/C8H12N2O3/c9-1-7-8(13)6(4-12)5(3-11)2-10-7/h2,11-13H,1,3-4,9H2. The van der Waals surface area contributed by atoms with E-state index in [2.05, 4.69) is 4.98 Å². The number of nitrogens with two attached hydrogens (primary N) is 1. The molecule has 0 spiro atoms. The van der Waals surface area contributed by atoms with E-state index in [1.807, 2.05) is 0 Å². The topological polar surface area (TPSA) is 99.6 Å². The number of aliphatic hydroxyl groups is 2. The van der Waals surface area contributed by atoms with Crippen molar-refractivity contribution in [1.82, 2.24) is 4.98 Å². The molecule has 5 N–H and O–H groups in total. The molecular formula is C8H12N2O3. The molecule has 0 fully saturated rings. The highest BCUT2D eigenvalue weighted by molar-refractivity contribution is 5.40. The first kappa shape index (κ1) is 9.91. The van der Waals surface area contributed by atoms with Gasteiger partial charge in [0.25, 0.3) is 0 Å². The largest absolute Gasteiger partial charge is 0.506 e. The van der Waals surface area contributed by atoms with Crippen LogP contribution >= 0.6 is 0 Å². The monoisotopic (exact) mass is 184 g/mol. The maximum Gasteiger partial charge on any atom is 0.144 e. The van der Waals surface area contributed by atoms with Gasteiger partial charge in [-0.05, 0) is 0 Å². The van der Waals surface area contributed by atoms with E-state index in [1.54, 1.807) is 0 Å². The first-order chi connectivity index (χ1) is 6.24. The van der Waals surface area contributed by atoms with E-state index >= 15 is 0 Å². The highest BCUT2D eigenvalue weighted by atomic mass is 16.3. The summed E-state index contributed by atoms with van der Waals surface area (Å²) >= 11 is 0. The predicted octanol–water partition coefficient (Wildman–Crippen LogP) is -0.769. The number of rotatable bonds is 3. The Morgan fingerprint density at radius 1 is 1.31 bits per heavy atom. The Morgan fingerprint density at radius 2 is 2.00 bits per heavy atom. The van der Waals surface area contributed by atoms with Gasteiger partial charge in [0.15, 0.2) is 0 Å². The second kappa shape index (κ2) is 4.18. The molecule has 0 atom stereocenters. The summed E-state index contributed by atoms with van der Waals surface area (Å²) < 4.78 is 0. The quantitative estimate of drug-likeness (QED) is 0.494. The minimum Gasteiger partial charge on any atom is -0.506 e. The Kier molecular flexibility index (Phi) is 3.18. The molecule has 0 saturated carbocycles. The lowest BCUT2D eigenvalue weighted by Gasteiger charge is -2.09. The minimum absolute atomic E-state index is 0.102. The average Bonchev–Trinajstić information content (AvgIpc) is 2.17. The van der Waals surface area contributed by atoms with Crippen LogP contribution < -0.4 is 5.73 Å². The Hall–Kier alpha value is -1.17. The Labute approximate surface area is 75.5 Å². The first-order valence-electron chi connectivity index (χ1n) is 3.85. The van der Waals surface area contributed by atoms with E-state index in [-0.39, 0.29) is 31.1 Å². The third-order valence-electron chi connectivity index (χ3n) is 1.84. The summed E-state index contributed by atoms with van der Waals surface area (Å²) in [5, 5.41) is 27.2. The molecule has 0 unspecified atom stereocenters. The van der Waals surface area contributed by atoms with E-state index in [0.717, 1.165) is 0 Å². The van der Waals surface area contributed by atoms with Gasteiger partial charge in [-0.3, -0.25) is 4.98 Å². The van der Waals surface area contributed by atoms with Crippen LogP contribution in [0, 0.1) is 0 Å². The Balaban J connectivity index is 3.23. The van der Waals surface area contributed by atoms with Crippen LogP contribution in [0.2, 0.25) is 0 Å². The van der Waals surface area contributed by atoms with Crippen molar-refractivity contribution in [2.75, 3.05) is 0 Å². The zero-order valence-corrected chi connectivity index (χ0v) is 7.06. The molecule has 13 heavy (non-hydrogen) atoms. The fraction of sp³-hybridized carbons (Fsp3) is 0.375. The van der Waals surface area contributed by atoms with Gasteiger partial charge in [-0.25, -0.2) is 0 Å². The fourth-order valence-corrected chi connectivity index (χ4v) is 1.08. The van der Waals surface area contributed by atoms with Gasteiger partial charge < -0.3 is 21.1 Å². The third kappa shape index (κ3) is 1.77. The molecule has 0 bridgehead atoms. The van der Waals surface area contributed by atoms with Crippen LogP contribution in [0.15, 0.2) is 6.20 Å². The van der Waals surface area contributed by atoms with Gasteiger partial charge in [0, 0.05) is 23.9 Å².